The van der Waals surface area contributed by atoms with Gasteiger partial charge in [0, 0.05) is 5.69 Å². The smallest absolute Gasteiger partial charge is 0.455 e. The summed E-state index contributed by atoms with van der Waals surface area (Å²) in [5.41, 5.74) is -0.676. The van der Waals surface area contributed by atoms with Crippen molar-refractivity contribution in [3.63, 3.8) is 0 Å². The Kier molecular flexibility index (Phi) is 3.78. The molecule has 1 aromatic carbocycles. The summed E-state index contributed by atoms with van der Waals surface area (Å²) in [5.74, 6) is -6.35. The number of hydrogen-bond donors (Lipinski definition) is 2. The quantitative estimate of drug-likeness (QED) is 0.826. The van der Waals surface area contributed by atoms with Gasteiger partial charge < -0.3 is 10.4 Å². The molecule has 0 radical (unpaired) electrons. The zero-order valence-corrected chi connectivity index (χ0v) is 8.76. The fourth-order valence-electron chi connectivity index (χ4n) is 1.13. The van der Waals surface area contributed by atoms with Crippen LogP contribution in [0.4, 0.5) is 27.6 Å². The number of carboxylic acids is 1. The minimum Gasteiger partial charge on any atom is -0.478 e. The third-order valence-electron chi connectivity index (χ3n) is 2.07. The molecule has 8 heteroatoms. The standard InChI is InChI=1S/C10H8F5NO2/c11-9(12,10(13,14)15)5-16-7-4-2-1-3-6(7)8(17)18/h1-4,16H,5H2,(H,17,18). The second-order valence-electron chi connectivity index (χ2n) is 3.41. The molecular formula is C10H8F5NO2. The first-order valence-electron chi connectivity index (χ1n) is 4.66. The summed E-state index contributed by atoms with van der Waals surface area (Å²) in [4.78, 5) is 10.7. The molecule has 0 bridgehead atoms. The number of anilines is 1. The Labute approximate surface area is 98.2 Å². The van der Waals surface area contributed by atoms with Crippen LogP contribution in [0, 0.1) is 0 Å². The lowest BCUT2D eigenvalue weighted by atomic mass is 10.1. The van der Waals surface area contributed by atoms with Gasteiger partial charge in [0.2, 0.25) is 0 Å². The second kappa shape index (κ2) is 4.79. The summed E-state index contributed by atoms with van der Waals surface area (Å²) in [5, 5.41) is 10.5. The van der Waals surface area contributed by atoms with Crippen molar-refractivity contribution in [1.29, 1.82) is 0 Å². The first-order valence-corrected chi connectivity index (χ1v) is 4.66. The third kappa shape index (κ3) is 3.08. The van der Waals surface area contributed by atoms with E-state index in [0.29, 0.717) is 0 Å². The van der Waals surface area contributed by atoms with E-state index in [4.69, 9.17) is 5.11 Å². The molecule has 1 aromatic rings. The van der Waals surface area contributed by atoms with Gasteiger partial charge in [0.15, 0.2) is 0 Å². The average Bonchev–Trinajstić information content (AvgIpc) is 2.25. The van der Waals surface area contributed by atoms with Gasteiger partial charge in [-0.1, -0.05) is 12.1 Å². The summed E-state index contributed by atoms with van der Waals surface area (Å²) in [7, 11) is 0. The van der Waals surface area contributed by atoms with E-state index in [0.717, 1.165) is 12.1 Å². The van der Waals surface area contributed by atoms with Gasteiger partial charge in [-0.25, -0.2) is 4.79 Å². The SMILES string of the molecule is O=C(O)c1ccccc1NCC(F)(F)C(F)(F)F. The average molecular weight is 269 g/mol. The molecule has 0 aromatic heterocycles. The first kappa shape index (κ1) is 14.2. The Bertz CT molecular complexity index is 444. The van der Waals surface area contributed by atoms with Gasteiger partial charge in [-0.3, -0.25) is 0 Å². The lowest BCUT2D eigenvalue weighted by Crippen LogP contribution is -2.42. The predicted molar refractivity (Wildman–Crippen MR) is 52.9 cm³/mol. The number of para-hydroxylation sites is 1. The molecule has 0 saturated carbocycles. The summed E-state index contributed by atoms with van der Waals surface area (Å²) in [6.45, 7) is -1.72. The van der Waals surface area contributed by atoms with Crippen molar-refractivity contribution in [3.8, 4) is 0 Å². The Morgan fingerprint density at radius 2 is 1.72 bits per heavy atom. The van der Waals surface area contributed by atoms with Crippen molar-refractivity contribution in [2.24, 2.45) is 0 Å². The van der Waals surface area contributed by atoms with Gasteiger partial charge in [0.05, 0.1) is 12.1 Å². The van der Waals surface area contributed by atoms with Crippen LogP contribution in [0.1, 0.15) is 10.4 Å². The number of halogens is 5. The highest BCUT2D eigenvalue weighted by atomic mass is 19.4. The van der Waals surface area contributed by atoms with E-state index >= 15 is 0 Å². The Hall–Kier alpha value is -1.86. The molecule has 0 unspecified atom stereocenters. The highest BCUT2D eigenvalue weighted by Crippen LogP contribution is 2.35. The first-order chi connectivity index (χ1) is 8.15. The number of aromatic carboxylic acids is 1. The maximum atomic E-state index is 12.6. The van der Waals surface area contributed by atoms with Crippen LogP contribution < -0.4 is 5.32 Å². The van der Waals surface area contributed by atoms with Gasteiger partial charge in [-0.05, 0) is 12.1 Å². The van der Waals surface area contributed by atoms with Crippen LogP contribution in [0.25, 0.3) is 0 Å². The number of rotatable bonds is 4. The van der Waals surface area contributed by atoms with Crippen LogP contribution >= 0.6 is 0 Å². The summed E-state index contributed by atoms with van der Waals surface area (Å²) < 4.78 is 60.9. The zero-order valence-electron chi connectivity index (χ0n) is 8.76. The molecular weight excluding hydrogens is 261 g/mol. The molecule has 2 N–H and O–H groups in total. The van der Waals surface area contributed by atoms with Gasteiger partial charge >= 0.3 is 18.1 Å². The summed E-state index contributed by atoms with van der Waals surface area (Å²) in [6, 6.07) is 4.85. The Morgan fingerprint density at radius 1 is 1.17 bits per heavy atom. The van der Waals surface area contributed by atoms with Crippen molar-refractivity contribution in [2.45, 2.75) is 12.1 Å². The molecule has 0 heterocycles. The maximum Gasteiger partial charge on any atom is 0.455 e. The van der Waals surface area contributed by atoms with Crippen molar-refractivity contribution >= 4 is 11.7 Å². The van der Waals surface area contributed by atoms with E-state index in [1.54, 1.807) is 5.32 Å². The fourth-order valence-corrected chi connectivity index (χ4v) is 1.13. The molecule has 0 aliphatic rings. The molecule has 0 aliphatic carbocycles. The van der Waals surface area contributed by atoms with Crippen molar-refractivity contribution < 1.29 is 31.9 Å². The molecule has 0 fully saturated rings. The molecule has 0 saturated heterocycles. The maximum absolute atomic E-state index is 12.6. The fraction of sp³-hybridized carbons (Fsp3) is 0.300. The number of carboxylic acid groups (broad SMARTS) is 1. The van der Waals surface area contributed by atoms with Crippen molar-refractivity contribution in [1.82, 2.24) is 0 Å². The minimum atomic E-state index is -5.68. The van der Waals surface area contributed by atoms with Crippen molar-refractivity contribution in [3.05, 3.63) is 29.8 Å². The second-order valence-corrected chi connectivity index (χ2v) is 3.41. The van der Waals surface area contributed by atoms with E-state index < -0.39 is 24.6 Å². The van der Waals surface area contributed by atoms with Crippen LogP contribution in [0.15, 0.2) is 24.3 Å². The van der Waals surface area contributed by atoms with Crippen LogP contribution in [-0.4, -0.2) is 29.7 Å². The van der Waals surface area contributed by atoms with Gasteiger partial charge in [-0.2, -0.15) is 22.0 Å². The van der Waals surface area contributed by atoms with E-state index in [1.165, 1.54) is 12.1 Å². The van der Waals surface area contributed by atoms with Crippen LogP contribution in [-0.2, 0) is 0 Å². The number of carbonyl (C=O) groups is 1. The van der Waals surface area contributed by atoms with Gasteiger partial charge in [0.1, 0.15) is 0 Å². The predicted octanol–water partition coefficient (Wildman–Crippen LogP) is 2.99. The summed E-state index contributed by atoms with van der Waals surface area (Å²) in [6.07, 6.45) is -5.68. The van der Waals surface area contributed by atoms with Crippen molar-refractivity contribution in [2.75, 3.05) is 11.9 Å². The molecule has 0 spiro atoms. The molecule has 0 amide bonds. The molecule has 0 atom stereocenters. The minimum absolute atomic E-state index is 0.297. The monoisotopic (exact) mass is 269 g/mol. The van der Waals surface area contributed by atoms with Crippen LogP contribution in [0.3, 0.4) is 0 Å². The topological polar surface area (TPSA) is 49.3 Å². The lowest BCUT2D eigenvalue weighted by molar-refractivity contribution is -0.275. The lowest BCUT2D eigenvalue weighted by Gasteiger charge is -2.20. The van der Waals surface area contributed by atoms with Gasteiger partial charge in [0.25, 0.3) is 0 Å². The van der Waals surface area contributed by atoms with E-state index in [-0.39, 0.29) is 11.3 Å². The normalized spacial score (nSPS) is 12.3. The summed E-state index contributed by atoms with van der Waals surface area (Å²) >= 11 is 0. The number of hydrogen-bond acceptors (Lipinski definition) is 2. The molecule has 3 nitrogen and oxygen atoms in total. The third-order valence-corrected chi connectivity index (χ3v) is 2.07. The number of alkyl halides is 5. The van der Waals surface area contributed by atoms with E-state index in [2.05, 4.69) is 0 Å². The Morgan fingerprint density at radius 3 is 2.22 bits per heavy atom. The highest BCUT2D eigenvalue weighted by molar-refractivity contribution is 5.94. The highest BCUT2D eigenvalue weighted by Gasteiger charge is 2.57. The van der Waals surface area contributed by atoms with Crippen LogP contribution in [0.5, 0.6) is 0 Å². The largest absolute Gasteiger partial charge is 0.478 e. The van der Waals surface area contributed by atoms with Crippen LogP contribution in [0.2, 0.25) is 0 Å². The Balaban J connectivity index is 2.85. The number of benzene rings is 1. The van der Waals surface area contributed by atoms with E-state index in [9.17, 15) is 26.7 Å². The molecule has 100 valence electrons. The molecule has 1 rings (SSSR count). The molecule has 18 heavy (non-hydrogen) atoms. The zero-order chi connectivity index (χ0) is 14.0. The van der Waals surface area contributed by atoms with Gasteiger partial charge in [-0.15, -0.1) is 0 Å². The molecule has 0 aliphatic heterocycles. The number of nitrogens with one attached hydrogen (secondary N) is 1. The van der Waals surface area contributed by atoms with E-state index in [1.807, 2.05) is 0 Å².